The second kappa shape index (κ2) is 12.4. The van der Waals surface area contributed by atoms with Gasteiger partial charge in [0.2, 0.25) is 11.8 Å². The molecule has 1 aliphatic carbocycles. The van der Waals surface area contributed by atoms with Crippen molar-refractivity contribution in [3.8, 4) is 0 Å². The van der Waals surface area contributed by atoms with Gasteiger partial charge in [-0.15, -0.1) is 23.2 Å². The van der Waals surface area contributed by atoms with Crippen molar-refractivity contribution in [1.29, 1.82) is 0 Å². The van der Waals surface area contributed by atoms with Gasteiger partial charge in [-0.3, -0.25) is 14.4 Å². The minimum absolute atomic E-state index is 0.203. The smallest absolute Gasteiger partial charge is 0.330 e. The van der Waals surface area contributed by atoms with E-state index in [9.17, 15) is 31.9 Å². The number of allylic oxidation sites excluding steroid dienone is 3. The van der Waals surface area contributed by atoms with Crippen LogP contribution in [0.3, 0.4) is 0 Å². The number of rotatable bonds is 8. The first-order valence-corrected chi connectivity index (χ1v) is 13.1. The van der Waals surface area contributed by atoms with E-state index in [0.717, 1.165) is 6.07 Å². The predicted molar refractivity (Wildman–Crippen MR) is 151 cm³/mol. The average molecular weight is 653 g/mol. The number of anilines is 2. The highest BCUT2D eigenvalue weighted by molar-refractivity contribution is 6.53. The normalized spacial score (nSPS) is 18.6. The molecular formula is C27H21Cl4F4N3O3. The van der Waals surface area contributed by atoms with Gasteiger partial charge in [-0.1, -0.05) is 35.8 Å². The molecule has 14 heteroatoms. The molecule has 3 N–H and O–H groups in total. The highest BCUT2D eigenvalue weighted by atomic mass is 35.5. The molecule has 1 fully saturated rings. The molecule has 1 saturated carbocycles. The highest BCUT2D eigenvalue weighted by Crippen LogP contribution is 2.65. The largest absolute Gasteiger partial charge is 0.417 e. The standard InChI is InChI=1S/C27H21Cl4F4N3O3/c1-12(36-25(41)22-21(26(22,30)31)15-4-9-20(32)19(28)11-15)10-18(27(33,34)35)23(29)13(2)24(40)38-17-7-5-16(6-8-17)37-14(3)39/h4-11,21-22H,2H2,1,3H3,(H,36,41)(H,37,39)(H,38,40)/b12-10+,23-18-. The molecule has 2 unspecified atom stereocenters. The summed E-state index contributed by atoms with van der Waals surface area (Å²) in [6, 6.07) is 9.45. The third-order valence-corrected chi connectivity index (χ3v) is 7.53. The van der Waals surface area contributed by atoms with E-state index >= 15 is 0 Å². The third kappa shape index (κ3) is 7.82. The van der Waals surface area contributed by atoms with Gasteiger partial charge in [0.15, 0.2) is 0 Å². The second-order valence-corrected chi connectivity index (χ2v) is 11.3. The fourth-order valence-corrected chi connectivity index (χ4v) is 5.14. The first-order valence-electron chi connectivity index (χ1n) is 11.6. The summed E-state index contributed by atoms with van der Waals surface area (Å²) in [5, 5.41) is 5.97. The summed E-state index contributed by atoms with van der Waals surface area (Å²) in [5.74, 6) is -4.70. The van der Waals surface area contributed by atoms with E-state index in [1.54, 1.807) is 0 Å². The topological polar surface area (TPSA) is 87.3 Å². The Labute approximate surface area is 252 Å². The minimum Gasteiger partial charge on any atom is -0.330 e. The zero-order valence-corrected chi connectivity index (χ0v) is 24.3. The van der Waals surface area contributed by atoms with Gasteiger partial charge in [0, 0.05) is 29.9 Å². The second-order valence-electron chi connectivity index (χ2n) is 9.04. The van der Waals surface area contributed by atoms with Crippen LogP contribution in [-0.2, 0) is 14.4 Å². The van der Waals surface area contributed by atoms with Crippen molar-refractivity contribution in [1.82, 2.24) is 5.32 Å². The van der Waals surface area contributed by atoms with Gasteiger partial charge in [-0.05, 0) is 55.0 Å². The Morgan fingerprint density at radius 2 is 1.56 bits per heavy atom. The summed E-state index contributed by atoms with van der Waals surface area (Å²) in [7, 11) is 0. The van der Waals surface area contributed by atoms with E-state index in [1.165, 1.54) is 50.2 Å². The quantitative estimate of drug-likeness (QED) is 0.119. The monoisotopic (exact) mass is 651 g/mol. The number of carbonyl (C=O) groups is 3. The van der Waals surface area contributed by atoms with Crippen molar-refractivity contribution in [3.05, 3.63) is 93.4 Å². The SMILES string of the molecule is C=C(C(=O)Nc1ccc(NC(C)=O)cc1)/C(Cl)=C(\C=C(/C)NC(=O)C1C(c2ccc(F)c(Cl)c2)C1(Cl)Cl)C(F)(F)F. The van der Waals surface area contributed by atoms with Crippen LogP contribution in [0.25, 0.3) is 0 Å². The predicted octanol–water partition coefficient (Wildman–Crippen LogP) is 7.59. The lowest BCUT2D eigenvalue weighted by atomic mass is 10.1. The molecule has 218 valence electrons. The van der Waals surface area contributed by atoms with E-state index in [4.69, 9.17) is 46.4 Å². The van der Waals surface area contributed by atoms with E-state index < -0.39 is 56.2 Å². The van der Waals surface area contributed by atoms with Crippen LogP contribution in [0.5, 0.6) is 0 Å². The van der Waals surface area contributed by atoms with E-state index in [2.05, 4.69) is 22.5 Å². The van der Waals surface area contributed by atoms with Gasteiger partial charge < -0.3 is 16.0 Å². The molecule has 0 radical (unpaired) electrons. The van der Waals surface area contributed by atoms with Crippen molar-refractivity contribution in [2.75, 3.05) is 10.6 Å². The van der Waals surface area contributed by atoms with Crippen molar-refractivity contribution in [3.63, 3.8) is 0 Å². The van der Waals surface area contributed by atoms with Crippen LogP contribution in [-0.4, -0.2) is 28.2 Å². The summed E-state index contributed by atoms with van der Waals surface area (Å²) in [5.41, 5.74) is -1.42. The Morgan fingerprint density at radius 3 is 2.07 bits per heavy atom. The maximum Gasteiger partial charge on any atom is 0.417 e. The van der Waals surface area contributed by atoms with Crippen LogP contribution in [0.15, 0.2) is 77.0 Å². The van der Waals surface area contributed by atoms with Crippen molar-refractivity contribution >= 4 is 75.5 Å². The van der Waals surface area contributed by atoms with Crippen LogP contribution in [0.1, 0.15) is 25.3 Å². The van der Waals surface area contributed by atoms with Crippen LogP contribution in [0.2, 0.25) is 5.02 Å². The van der Waals surface area contributed by atoms with Crippen LogP contribution in [0, 0.1) is 11.7 Å². The lowest BCUT2D eigenvalue weighted by Crippen LogP contribution is -2.26. The van der Waals surface area contributed by atoms with Gasteiger partial charge in [0.25, 0.3) is 5.91 Å². The van der Waals surface area contributed by atoms with Gasteiger partial charge in [0.05, 0.1) is 27.1 Å². The molecule has 0 saturated heterocycles. The maximum absolute atomic E-state index is 13.9. The molecule has 3 rings (SSSR count). The van der Waals surface area contributed by atoms with Crippen LogP contribution >= 0.6 is 46.4 Å². The number of hydrogen-bond donors (Lipinski definition) is 3. The number of alkyl halides is 5. The molecule has 6 nitrogen and oxygen atoms in total. The van der Waals surface area contributed by atoms with Crippen molar-refractivity contribution in [2.45, 2.75) is 30.3 Å². The summed E-state index contributed by atoms with van der Waals surface area (Å²) in [4.78, 5) is 36.5. The number of halogens is 8. The van der Waals surface area contributed by atoms with Crippen molar-refractivity contribution in [2.24, 2.45) is 5.92 Å². The number of amides is 3. The molecule has 0 spiro atoms. The highest BCUT2D eigenvalue weighted by Gasteiger charge is 2.67. The summed E-state index contributed by atoms with van der Waals surface area (Å²) in [6.45, 7) is 5.86. The Hall–Kier alpha value is -3.05. The molecular weight excluding hydrogens is 632 g/mol. The third-order valence-electron chi connectivity index (χ3n) is 5.86. The minimum atomic E-state index is -5.04. The Kier molecular flexibility index (Phi) is 9.85. The van der Waals surface area contributed by atoms with Gasteiger partial charge in [0.1, 0.15) is 10.2 Å². The zero-order chi connectivity index (χ0) is 30.9. The molecule has 0 aromatic heterocycles. The first kappa shape index (κ1) is 32.5. The molecule has 3 amide bonds. The first-order chi connectivity index (χ1) is 18.9. The van der Waals surface area contributed by atoms with Crippen LogP contribution in [0.4, 0.5) is 28.9 Å². The maximum atomic E-state index is 13.9. The fourth-order valence-electron chi connectivity index (χ4n) is 3.88. The fraction of sp³-hybridized carbons (Fsp3) is 0.222. The zero-order valence-electron chi connectivity index (χ0n) is 21.2. The number of carbonyl (C=O) groups excluding carboxylic acids is 3. The van der Waals surface area contributed by atoms with E-state index in [-0.39, 0.29) is 22.3 Å². The van der Waals surface area contributed by atoms with Gasteiger partial charge >= 0.3 is 6.18 Å². The molecule has 1 aliphatic rings. The van der Waals surface area contributed by atoms with E-state index in [1.807, 2.05) is 0 Å². The molecule has 2 aromatic carbocycles. The Morgan fingerprint density at radius 1 is 1.00 bits per heavy atom. The lowest BCUT2D eigenvalue weighted by molar-refractivity contribution is -0.121. The Bertz CT molecular complexity index is 1470. The lowest BCUT2D eigenvalue weighted by Gasteiger charge is -2.15. The van der Waals surface area contributed by atoms with E-state index in [0.29, 0.717) is 17.3 Å². The molecule has 0 heterocycles. The number of hydrogen-bond acceptors (Lipinski definition) is 3. The van der Waals surface area contributed by atoms with Crippen LogP contribution < -0.4 is 16.0 Å². The molecule has 0 bridgehead atoms. The van der Waals surface area contributed by atoms with Gasteiger partial charge in [-0.25, -0.2) is 4.39 Å². The summed E-state index contributed by atoms with van der Waals surface area (Å²) >= 11 is 24.2. The number of nitrogens with one attached hydrogen (secondary N) is 3. The molecule has 0 aliphatic heterocycles. The van der Waals surface area contributed by atoms with Gasteiger partial charge in [-0.2, -0.15) is 13.2 Å². The number of benzene rings is 2. The molecule has 2 atom stereocenters. The average Bonchev–Trinajstić information content (AvgIpc) is 3.45. The summed E-state index contributed by atoms with van der Waals surface area (Å²) < 4.78 is 53.7. The molecule has 41 heavy (non-hydrogen) atoms. The van der Waals surface area contributed by atoms with Crippen molar-refractivity contribution < 1.29 is 31.9 Å². The molecule has 2 aromatic rings. The summed E-state index contributed by atoms with van der Waals surface area (Å²) in [6.07, 6.45) is -4.50. The Balaban J connectivity index is 1.77.